The van der Waals surface area contributed by atoms with Crippen molar-refractivity contribution in [1.29, 1.82) is 0 Å². The first-order valence-electron chi connectivity index (χ1n) is 7.38. The SMILES string of the molecule is c1ccc(CCN2CCC(NCc3ncc[nH]3)C2)cc1. The van der Waals surface area contributed by atoms with Crippen molar-refractivity contribution in [3.63, 3.8) is 0 Å². The van der Waals surface area contributed by atoms with E-state index in [1.165, 1.54) is 18.5 Å². The number of H-pyrrole nitrogens is 1. The van der Waals surface area contributed by atoms with Gasteiger partial charge in [-0.15, -0.1) is 0 Å². The Morgan fingerprint density at radius 3 is 3.00 bits per heavy atom. The van der Waals surface area contributed by atoms with Crippen LogP contribution in [-0.2, 0) is 13.0 Å². The van der Waals surface area contributed by atoms with Crippen LogP contribution in [0.25, 0.3) is 0 Å². The number of imidazole rings is 1. The molecule has 0 bridgehead atoms. The normalized spacial score (nSPS) is 19.5. The van der Waals surface area contributed by atoms with E-state index in [-0.39, 0.29) is 0 Å². The van der Waals surface area contributed by atoms with Crippen molar-refractivity contribution in [1.82, 2.24) is 20.2 Å². The van der Waals surface area contributed by atoms with Crippen LogP contribution in [0.4, 0.5) is 0 Å². The van der Waals surface area contributed by atoms with E-state index >= 15 is 0 Å². The molecule has 0 radical (unpaired) electrons. The largest absolute Gasteiger partial charge is 0.348 e. The van der Waals surface area contributed by atoms with Gasteiger partial charge < -0.3 is 15.2 Å². The molecule has 0 saturated carbocycles. The summed E-state index contributed by atoms with van der Waals surface area (Å²) < 4.78 is 0. The van der Waals surface area contributed by atoms with E-state index in [2.05, 4.69) is 50.5 Å². The fourth-order valence-corrected chi connectivity index (χ4v) is 2.77. The summed E-state index contributed by atoms with van der Waals surface area (Å²) in [6.07, 6.45) is 6.05. The molecule has 1 fully saturated rings. The van der Waals surface area contributed by atoms with Gasteiger partial charge >= 0.3 is 0 Å². The van der Waals surface area contributed by atoms with Gasteiger partial charge in [0.2, 0.25) is 0 Å². The molecule has 0 spiro atoms. The lowest BCUT2D eigenvalue weighted by atomic mass is 10.1. The standard InChI is InChI=1S/C16H22N4/c1-2-4-14(5-3-1)6-10-20-11-7-15(13-20)19-12-16-17-8-9-18-16/h1-5,8-9,15,19H,6-7,10-13H2,(H,17,18). The maximum absolute atomic E-state index is 4.24. The summed E-state index contributed by atoms with van der Waals surface area (Å²) in [6, 6.07) is 11.3. The second kappa shape index (κ2) is 6.68. The van der Waals surface area contributed by atoms with Crippen LogP contribution in [0.1, 0.15) is 17.8 Å². The van der Waals surface area contributed by atoms with Gasteiger partial charge in [0.15, 0.2) is 0 Å². The molecule has 1 aliphatic heterocycles. The highest BCUT2D eigenvalue weighted by molar-refractivity contribution is 5.14. The minimum absolute atomic E-state index is 0.593. The summed E-state index contributed by atoms with van der Waals surface area (Å²) in [5.74, 6) is 1.02. The van der Waals surface area contributed by atoms with Crippen LogP contribution in [0.2, 0.25) is 0 Å². The minimum Gasteiger partial charge on any atom is -0.348 e. The van der Waals surface area contributed by atoms with Gasteiger partial charge in [0.25, 0.3) is 0 Å². The molecule has 1 aromatic carbocycles. The number of aromatic nitrogens is 2. The molecular weight excluding hydrogens is 248 g/mol. The lowest BCUT2D eigenvalue weighted by molar-refractivity contribution is 0.331. The Kier molecular flexibility index (Phi) is 4.46. The summed E-state index contributed by atoms with van der Waals surface area (Å²) in [5, 5.41) is 3.58. The van der Waals surface area contributed by atoms with Crippen LogP contribution in [0.15, 0.2) is 42.7 Å². The van der Waals surface area contributed by atoms with E-state index in [0.717, 1.165) is 31.9 Å². The maximum atomic E-state index is 4.24. The molecule has 0 amide bonds. The first kappa shape index (κ1) is 13.3. The predicted molar refractivity (Wildman–Crippen MR) is 80.4 cm³/mol. The minimum atomic E-state index is 0.593. The number of benzene rings is 1. The summed E-state index contributed by atoms with van der Waals surface area (Å²) in [4.78, 5) is 9.92. The van der Waals surface area contributed by atoms with Gasteiger partial charge in [-0.05, 0) is 24.9 Å². The number of aromatic amines is 1. The van der Waals surface area contributed by atoms with Crippen LogP contribution in [0, 0.1) is 0 Å². The molecule has 1 saturated heterocycles. The number of nitrogens with one attached hydrogen (secondary N) is 2. The zero-order chi connectivity index (χ0) is 13.6. The second-order valence-corrected chi connectivity index (χ2v) is 5.44. The maximum Gasteiger partial charge on any atom is 0.120 e. The van der Waals surface area contributed by atoms with Crippen LogP contribution in [0.3, 0.4) is 0 Å². The molecule has 2 N–H and O–H groups in total. The zero-order valence-corrected chi connectivity index (χ0v) is 11.8. The Hall–Kier alpha value is -1.65. The molecule has 3 rings (SSSR count). The Morgan fingerprint density at radius 2 is 2.20 bits per heavy atom. The summed E-state index contributed by atoms with van der Waals surface area (Å²) in [6.45, 7) is 4.34. The fraction of sp³-hybridized carbons (Fsp3) is 0.438. The molecule has 2 aromatic rings. The van der Waals surface area contributed by atoms with Crippen LogP contribution >= 0.6 is 0 Å². The number of likely N-dealkylation sites (tertiary alicyclic amines) is 1. The molecule has 0 aliphatic carbocycles. The Bertz CT molecular complexity index is 494. The van der Waals surface area contributed by atoms with Crippen LogP contribution < -0.4 is 5.32 Å². The molecular formula is C16H22N4. The quantitative estimate of drug-likeness (QED) is 0.841. The molecule has 4 heteroatoms. The lowest BCUT2D eigenvalue weighted by Crippen LogP contribution is -2.33. The molecule has 1 aliphatic rings. The number of rotatable bonds is 6. The van der Waals surface area contributed by atoms with Crippen LogP contribution in [0.5, 0.6) is 0 Å². The highest BCUT2D eigenvalue weighted by atomic mass is 15.2. The van der Waals surface area contributed by atoms with E-state index in [1.54, 1.807) is 6.20 Å². The Balaban J connectivity index is 1.38. The second-order valence-electron chi connectivity index (χ2n) is 5.44. The smallest absolute Gasteiger partial charge is 0.120 e. The highest BCUT2D eigenvalue weighted by Gasteiger charge is 2.21. The first-order chi connectivity index (χ1) is 9.90. The van der Waals surface area contributed by atoms with Crippen molar-refractivity contribution in [3.8, 4) is 0 Å². The van der Waals surface area contributed by atoms with Gasteiger partial charge in [-0.25, -0.2) is 4.98 Å². The third-order valence-corrected chi connectivity index (χ3v) is 3.94. The zero-order valence-electron chi connectivity index (χ0n) is 11.8. The van der Waals surface area contributed by atoms with Gasteiger partial charge in [0, 0.05) is 31.5 Å². The van der Waals surface area contributed by atoms with E-state index in [0.29, 0.717) is 6.04 Å². The fourth-order valence-electron chi connectivity index (χ4n) is 2.77. The molecule has 1 aromatic heterocycles. The average molecular weight is 270 g/mol. The molecule has 106 valence electrons. The molecule has 20 heavy (non-hydrogen) atoms. The topological polar surface area (TPSA) is 44.0 Å². The third-order valence-electron chi connectivity index (χ3n) is 3.94. The van der Waals surface area contributed by atoms with Crippen LogP contribution in [-0.4, -0.2) is 40.5 Å². The highest BCUT2D eigenvalue weighted by Crippen LogP contribution is 2.11. The summed E-state index contributed by atoms with van der Waals surface area (Å²) in [5.41, 5.74) is 1.43. The predicted octanol–water partition coefficient (Wildman–Crippen LogP) is 1.82. The van der Waals surface area contributed by atoms with E-state index in [9.17, 15) is 0 Å². The van der Waals surface area contributed by atoms with Gasteiger partial charge in [-0.2, -0.15) is 0 Å². The van der Waals surface area contributed by atoms with Crippen molar-refractivity contribution in [2.24, 2.45) is 0 Å². The van der Waals surface area contributed by atoms with Crippen molar-refractivity contribution in [2.45, 2.75) is 25.4 Å². The van der Waals surface area contributed by atoms with Gasteiger partial charge in [-0.1, -0.05) is 30.3 Å². The van der Waals surface area contributed by atoms with Gasteiger partial charge in [0.1, 0.15) is 5.82 Å². The monoisotopic (exact) mass is 270 g/mol. The number of nitrogens with zero attached hydrogens (tertiary/aromatic N) is 2. The van der Waals surface area contributed by atoms with Gasteiger partial charge in [-0.3, -0.25) is 0 Å². The van der Waals surface area contributed by atoms with Crippen molar-refractivity contribution < 1.29 is 0 Å². The molecule has 2 heterocycles. The summed E-state index contributed by atoms with van der Waals surface area (Å²) >= 11 is 0. The Labute approximate surface area is 120 Å². The molecule has 1 atom stereocenters. The molecule has 1 unspecified atom stereocenters. The van der Waals surface area contributed by atoms with Crippen molar-refractivity contribution >= 4 is 0 Å². The van der Waals surface area contributed by atoms with E-state index < -0.39 is 0 Å². The first-order valence-corrected chi connectivity index (χ1v) is 7.38. The van der Waals surface area contributed by atoms with E-state index in [1.807, 2.05) is 6.20 Å². The lowest BCUT2D eigenvalue weighted by Gasteiger charge is -2.16. The molecule has 4 nitrogen and oxygen atoms in total. The number of hydrogen-bond donors (Lipinski definition) is 2. The number of hydrogen-bond acceptors (Lipinski definition) is 3. The third kappa shape index (κ3) is 3.68. The van der Waals surface area contributed by atoms with Crippen molar-refractivity contribution in [2.75, 3.05) is 19.6 Å². The van der Waals surface area contributed by atoms with E-state index in [4.69, 9.17) is 0 Å². The average Bonchev–Trinajstić information content (AvgIpc) is 3.16. The van der Waals surface area contributed by atoms with Crippen molar-refractivity contribution in [3.05, 3.63) is 54.1 Å². The van der Waals surface area contributed by atoms with Gasteiger partial charge in [0.05, 0.1) is 6.54 Å². The summed E-state index contributed by atoms with van der Waals surface area (Å²) in [7, 11) is 0. The Morgan fingerprint density at radius 1 is 1.30 bits per heavy atom.